The number of amides is 1. The van der Waals surface area contributed by atoms with Gasteiger partial charge < -0.3 is 20.1 Å². The van der Waals surface area contributed by atoms with Gasteiger partial charge in [-0.05, 0) is 20.8 Å². The predicted octanol–water partition coefficient (Wildman–Crippen LogP) is 0.746. The Balaban J connectivity index is 1.91. The molecule has 3 atom stereocenters. The molecule has 17 heavy (non-hydrogen) atoms. The Labute approximate surface area is 102 Å². The summed E-state index contributed by atoms with van der Waals surface area (Å²) in [6.07, 6.45) is -0.318. The maximum atomic E-state index is 11.8. The third-order valence-electron chi connectivity index (χ3n) is 3.18. The van der Waals surface area contributed by atoms with Crippen molar-refractivity contribution < 1.29 is 14.3 Å². The highest BCUT2D eigenvalue weighted by Crippen LogP contribution is 2.23. The lowest BCUT2D eigenvalue weighted by atomic mass is 9.83. The van der Waals surface area contributed by atoms with E-state index in [1.54, 1.807) is 0 Å². The number of fused-ring (bicyclic) bond motifs is 2. The molecule has 5 heteroatoms. The number of hydrogen-bond acceptors (Lipinski definition) is 4. The van der Waals surface area contributed by atoms with Gasteiger partial charge in [0.15, 0.2) is 0 Å². The van der Waals surface area contributed by atoms with E-state index in [-0.39, 0.29) is 12.1 Å². The molecule has 1 amide bonds. The van der Waals surface area contributed by atoms with E-state index in [0.717, 1.165) is 13.1 Å². The summed E-state index contributed by atoms with van der Waals surface area (Å²) in [7, 11) is 0. The number of ether oxygens (including phenoxy) is 2. The number of piperidine rings is 1. The fourth-order valence-corrected chi connectivity index (χ4v) is 2.47. The Kier molecular flexibility index (Phi) is 3.58. The van der Waals surface area contributed by atoms with Crippen LogP contribution in [0, 0.1) is 11.8 Å². The second-order valence-corrected chi connectivity index (χ2v) is 5.89. The third kappa shape index (κ3) is 3.33. The summed E-state index contributed by atoms with van der Waals surface area (Å²) in [5.41, 5.74) is -0.442. The van der Waals surface area contributed by atoms with Crippen LogP contribution in [-0.4, -0.2) is 44.0 Å². The van der Waals surface area contributed by atoms with Crippen LogP contribution < -0.4 is 10.6 Å². The van der Waals surface area contributed by atoms with Gasteiger partial charge in [0.25, 0.3) is 0 Å². The molecule has 2 rings (SSSR count). The summed E-state index contributed by atoms with van der Waals surface area (Å²) < 4.78 is 10.8. The maximum Gasteiger partial charge on any atom is 0.407 e. The highest BCUT2D eigenvalue weighted by atomic mass is 16.6. The SMILES string of the molecule is CC(C)(C)OC(=O)NC1[C@@H]2CNC[C@H]1COC2. The molecule has 98 valence electrons. The number of carbonyl (C=O) groups is 1. The molecule has 2 aliphatic heterocycles. The van der Waals surface area contributed by atoms with E-state index >= 15 is 0 Å². The van der Waals surface area contributed by atoms with E-state index in [4.69, 9.17) is 9.47 Å². The standard InChI is InChI=1S/C12H22N2O3/c1-12(2,3)17-11(15)14-10-8-4-13-5-9(10)7-16-6-8/h8-10,13H,4-7H2,1-3H3,(H,14,15)/t8-,9+,10?. The Bertz CT molecular complexity index is 266. The lowest BCUT2D eigenvalue weighted by molar-refractivity contribution is -0.0308. The normalized spacial score (nSPS) is 33.0. The van der Waals surface area contributed by atoms with Crippen molar-refractivity contribution in [1.82, 2.24) is 10.6 Å². The average Bonchev–Trinajstić information content (AvgIpc) is 2.13. The van der Waals surface area contributed by atoms with Crippen molar-refractivity contribution in [2.24, 2.45) is 11.8 Å². The molecule has 2 saturated heterocycles. The van der Waals surface area contributed by atoms with E-state index in [1.165, 1.54) is 0 Å². The Morgan fingerprint density at radius 2 is 1.88 bits per heavy atom. The molecule has 0 spiro atoms. The van der Waals surface area contributed by atoms with Crippen molar-refractivity contribution in [3.8, 4) is 0 Å². The molecule has 1 unspecified atom stereocenters. The quantitative estimate of drug-likeness (QED) is 0.712. The summed E-state index contributed by atoms with van der Waals surface area (Å²) in [4.78, 5) is 11.8. The van der Waals surface area contributed by atoms with Crippen molar-refractivity contribution in [3.63, 3.8) is 0 Å². The van der Waals surface area contributed by atoms with Crippen LogP contribution in [0.5, 0.6) is 0 Å². The van der Waals surface area contributed by atoms with Gasteiger partial charge in [-0.3, -0.25) is 0 Å². The van der Waals surface area contributed by atoms with Crippen LogP contribution >= 0.6 is 0 Å². The minimum absolute atomic E-state index is 0.180. The molecular weight excluding hydrogens is 220 g/mol. The highest BCUT2D eigenvalue weighted by molar-refractivity contribution is 5.68. The number of hydrogen-bond donors (Lipinski definition) is 2. The Morgan fingerprint density at radius 1 is 1.29 bits per heavy atom. The smallest absolute Gasteiger partial charge is 0.407 e. The highest BCUT2D eigenvalue weighted by Gasteiger charge is 2.38. The van der Waals surface area contributed by atoms with Gasteiger partial charge >= 0.3 is 6.09 Å². The topological polar surface area (TPSA) is 59.6 Å². The molecule has 0 saturated carbocycles. The minimum atomic E-state index is -0.442. The Hall–Kier alpha value is -0.810. The lowest BCUT2D eigenvalue weighted by Gasteiger charge is -2.42. The van der Waals surface area contributed by atoms with Crippen LogP contribution in [0.4, 0.5) is 4.79 Å². The first-order valence-corrected chi connectivity index (χ1v) is 6.24. The van der Waals surface area contributed by atoms with Crippen LogP contribution in [0.15, 0.2) is 0 Å². The van der Waals surface area contributed by atoms with Gasteiger partial charge in [0.2, 0.25) is 0 Å². The molecule has 0 aromatic heterocycles. The summed E-state index contributed by atoms with van der Waals surface area (Å²) >= 11 is 0. The molecule has 0 aliphatic carbocycles. The number of nitrogens with one attached hydrogen (secondary N) is 2. The van der Waals surface area contributed by atoms with E-state index in [0.29, 0.717) is 25.0 Å². The first kappa shape index (κ1) is 12.6. The molecule has 2 N–H and O–H groups in total. The molecular formula is C12H22N2O3. The van der Waals surface area contributed by atoms with Gasteiger partial charge in [0.05, 0.1) is 13.2 Å². The van der Waals surface area contributed by atoms with Crippen LogP contribution in [0.2, 0.25) is 0 Å². The van der Waals surface area contributed by atoms with Crippen LogP contribution in [0.1, 0.15) is 20.8 Å². The van der Waals surface area contributed by atoms with Gasteiger partial charge in [0.1, 0.15) is 5.60 Å². The first-order chi connectivity index (χ1) is 7.96. The molecule has 0 aromatic carbocycles. The molecule has 0 radical (unpaired) electrons. The molecule has 2 bridgehead atoms. The largest absolute Gasteiger partial charge is 0.444 e. The van der Waals surface area contributed by atoms with Gasteiger partial charge in [-0.25, -0.2) is 4.79 Å². The maximum absolute atomic E-state index is 11.8. The van der Waals surface area contributed by atoms with Crippen molar-refractivity contribution in [2.75, 3.05) is 26.3 Å². The predicted molar refractivity (Wildman–Crippen MR) is 63.8 cm³/mol. The average molecular weight is 242 g/mol. The van der Waals surface area contributed by atoms with E-state index in [1.807, 2.05) is 20.8 Å². The van der Waals surface area contributed by atoms with Gasteiger partial charge in [-0.2, -0.15) is 0 Å². The van der Waals surface area contributed by atoms with E-state index < -0.39 is 5.60 Å². The zero-order valence-electron chi connectivity index (χ0n) is 10.8. The van der Waals surface area contributed by atoms with Crippen LogP contribution in [0.3, 0.4) is 0 Å². The van der Waals surface area contributed by atoms with Crippen molar-refractivity contribution >= 4 is 6.09 Å². The van der Waals surface area contributed by atoms with E-state index in [9.17, 15) is 4.79 Å². The molecule has 5 nitrogen and oxygen atoms in total. The van der Waals surface area contributed by atoms with Gasteiger partial charge in [-0.15, -0.1) is 0 Å². The molecule has 2 heterocycles. The summed E-state index contributed by atoms with van der Waals surface area (Å²) in [6.45, 7) is 8.85. The lowest BCUT2D eigenvalue weighted by Crippen LogP contribution is -2.60. The minimum Gasteiger partial charge on any atom is -0.444 e. The summed E-state index contributed by atoms with van der Waals surface area (Å²) in [6, 6.07) is 0.180. The zero-order valence-corrected chi connectivity index (χ0v) is 10.8. The van der Waals surface area contributed by atoms with Crippen LogP contribution in [0.25, 0.3) is 0 Å². The third-order valence-corrected chi connectivity index (χ3v) is 3.18. The van der Waals surface area contributed by atoms with Crippen molar-refractivity contribution in [1.29, 1.82) is 0 Å². The first-order valence-electron chi connectivity index (χ1n) is 6.24. The number of alkyl carbamates (subject to hydrolysis) is 1. The zero-order chi connectivity index (χ0) is 12.5. The number of rotatable bonds is 1. The van der Waals surface area contributed by atoms with Gasteiger partial charge in [-0.1, -0.05) is 0 Å². The molecule has 2 aliphatic rings. The summed E-state index contributed by atoms with van der Waals surface area (Å²) in [5, 5.41) is 6.36. The summed E-state index contributed by atoms with van der Waals surface area (Å²) in [5.74, 6) is 0.713. The van der Waals surface area contributed by atoms with Gasteiger partial charge in [0, 0.05) is 31.0 Å². The van der Waals surface area contributed by atoms with E-state index in [2.05, 4.69) is 10.6 Å². The fourth-order valence-electron chi connectivity index (χ4n) is 2.47. The fraction of sp³-hybridized carbons (Fsp3) is 0.917. The Morgan fingerprint density at radius 3 is 2.41 bits per heavy atom. The van der Waals surface area contributed by atoms with Crippen LogP contribution in [-0.2, 0) is 9.47 Å². The second-order valence-electron chi connectivity index (χ2n) is 5.89. The van der Waals surface area contributed by atoms with Crippen molar-refractivity contribution in [2.45, 2.75) is 32.4 Å². The second kappa shape index (κ2) is 4.82. The number of carbonyl (C=O) groups excluding carboxylic acids is 1. The van der Waals surface area contributed by atoms with Crippen molar-refractivity contribution in [3.05, 3.63) is 0 Å². The molecule has 0 aromatic rings. The monoisotopic (exact) mass is 242 g/mol. The molecule has 2 fully saturated rings.